The standard InChI is InChI=1S/C20H29N3O2/c1-23(2)20(12-5-3-4-6-13-20)16-22-19(24)15-25-18-9-7-17(8-10-18)11-14-21/h7-10H,3-6,11-13,15-16H2,1-2H3,(H,22,24). The molecule has 0 atom stereocenters. The Labute approximate surface area is 151 Å². The van der Waals surface area contributed by atoms with Crippen LogP contribution in [0.2, 0.25) is 0 Å². The summed E-state index contributed by atoms with van der Waals surface area (Å²) in [6, 6.07) is 9.41. The maximum Gasteiger partial charge on any atom is 0.258 e. The molecule has 0 aromatic heterocycles. The summed E-state index contributed by atoms with van der Waals surface area (Å²) in [6.07, 6.45) is 7.65. The molecule has 0 saturated heterocycles. The Balaban J connectivity index is 1.81. The van der Waals surface area contributed by atoms with E-state index in [1.807, 2.05) is 12.1 Å². The second-order valence-corrected chi connectivity index (χ2v) is 7.08. The fourth-order valence-electron chi connectivity index (χ4n) is 3.43. The van der Waals surface area contributed by atoms with Gasteiger partial charge in [-0.15, -0.1) is 0 Å². The molecule has 0 aliphatic heterocycles. The second kappa shape index (κ2) is 9.43. The normalized spacial score (nSPS) is 16.7. The van der Waals surface area contributed by atoms with Gasteiger partial charge in [0.2, 0.25) is 0 Å². The first kappa shape index (κ1) is 19.3. The number of ether oxygens (including phenoxy) is 1. The predicted octanol–water partition coefficient (Wildman–Crippen LogP) is 2.90. The number of benzene rings is 1. The van der Waals surface area contributed by atoms with Gasteiger partial charge in [0.25, 0.3) is 5.91 Å². The molecule has 1 saturated carbocycles. The van der Waals surface area contributed by atoms with Crippen LogP contribution < -0.4 is 10.1 Å². The molecule has 1 aromatic rings. The molecule has 0 radical (unpaired) electrons. The molecular weight excluding hydrogens is 314 g/mol. The zero-order chi connectivity index (χ0) is 18.1. The first-order valence-electron chi connectivity index (χ1n) is 9.08. The van der Waals surface area contributed by atoms with Crippen molar-refractivity contribution in [1.82, 2.24) is 10.2 Å². The van der Waals surface area contributed by atoms with Crippen molar-refractivity contribution in [3.05, 3.63) is 29.8 Å². The van der Waals surface area contributed by atoms with Crippen molar-refractivity contribution in [3.63, 3.8) is 0 Å². The fraction of sp³-hybridized carbons (Fsp3) is 0.600. The Morgan fingerprint density at radius 3 is 2.40 bits per heavy atom. The highest BCUT2D eigenvalue weighted by Gasteiger charge is 2.33. The smallest absolute Gasteiger partial charge is 0.258 e. The van der Waals surface area contributed by atoms with Crippen molar-refractivity contribution in [3.8, 4) is 11.8 Å². The topological polar surface area (TPSA) is 65.4 Å². The van der Waals surface area contributed by atoms with E-state index in [2.05, 4.69) is 30.4 Å². The van der Waals surface area contributed by atoms with Gasteiger partial charge in [0.05, 0.1) is 12.5 Å². The van der Waals surface area contributed by atoms with Crippen LogP contribution in [0.15, 0.2) is 24.3 Å². The van der Waals surface area contributed by atoms with Gasteiger partial charge in [0.15, 0.2) is 6.61 Å². The molecular formula is C20H29N3O2. The summed E-state index contributed by atoms with van der Waals surface area (Å²) in [7, 11) is 4.22. The minimum absolute atomic E-state index is 0.0150. The summed E-state index contributed by atoms with van der Waals surface area (Å²) in [4.78, 5) is 14.5. The highest BCUT2D eigenvalue weighted by Crippen LogP contribution is 2.30. The van der Waals surface area contributed by atoms with Crippen LogP contribution in [0.3, 0.4) is 0 Å². The number of likely N-dealkylation sites (N-methyl/N-ethyl adjacent to an activating group) is 1. The monoisotopic (exact) mass is 343 g/mol. The molecule has 25 heavy (non-hydrogen) atoms. The van der Waals surface area contributed by atoms with Gasteiger partial charge in [-0.05, 0) is 44.6 Å². The van der Waals surface area contributed by atoms with Crippen molar-refractivity contribution in [1.29, 1.82) is 5.26 Å². The summed E-state index contributed by atoms with van der Waals surface area (Å²) >= 11 is 0. The van der Waals surface area contributed by atoms with Gasteiger partial charge in [-0.1, -0.05) is 37.8 Å². The van der Waals surface area contributed by atoms with E-state index >= 15 is 0 Å². The Hall–Kier alpha value is -2.06. The van der Waals surface area contributed by atoms with Crippen molar-refractivity contribution in [2.45, 2.75) is 50.5 Å². The summed E-state index contributed by atoms with van der Waals surface area (Å²) < 4.78 is 5.55. The Morgan fingerprint density at radius 1 is 1.20 bits per heavy atom. The van der Waals surface area contributed by atoms with Crippen molar-refractivity contribution in [2.24, 2.45) is 0 Å². The lowest BCUT2D eigenvalue weighted by Gasteiger charge is -2.39. The molecule has 1 fully saturated rings. The van der Waals surface area contributed by atoms with Gasteiger partial charge in [-0.25, -0.2) is 0 Å². The summed E-state index contributed by atoms with van der Waals surface area (Å²) in [5.74, 6) is 0.556. The van der Waals surface area contributed by atoms with E-state index in [4.69, 9.17) is 10.00 Å². The highest BCUT2D eigenvalue weighted by molar-refractivity contribution is 5.77. The van der Waals surface area contributed by atoms with E-state index in [-0.39, 0.29) is 18.1 Å². The van der Waals surface area contributed by atoms with E-state index in [0.29, 0.717) is 18.7 Å². The zero-order valence-corrected chi connectivity index (χ0v) is 15.4. The van der Waals surface area contributed by atoms with Gasteiger partial charge >= 0.3 is 0 Å². The SMILES string of the molecule is CN(C)C1(CNC(=O)COc2ccc(CC#N)cc2)CCCCCC1. The summed E-state index contributed by atoms with van der Waals surface area (Å²) in [5.41, 5.74) is 1.01. The maximum absolute atomic E-state index is 12.2. The largest absolute Gasteiger partial charge is 0.484 e. The minimum atomic E-state index is -0.0911. The fourth-order valence-corrected chi connectivity index (χ4v) is 3.43. The van der Waals surface area contributed by atoms with E-state index in [1.54, 1.807) is 12.1 Å². The van der Waals surface area contributed by atoms with Gasteiger partial charge in [0, 0.05) is 12.1 Å². The molecule has 1 N–H and O–H groups in total. The van der Waals surface area contributed by atoms with Crippen LogP contribution in [-0.2, 0) is 11.2 Å². The van der Waals surface area contributed by atoms with Crippen LogP contribution >= 0.6 is 0 Å². The van der Waals surface area contributed by atoms with Crippen LogP contribution in [0.4, 0.5) is 0 Å². The van der Waals surface area contributed by atoms with Gasteiger partial charge in [-0.2, -0.15) is 5.26 Å². The van der Waals surface area contributed by atoms with Gasteiger partial charge in [0.1, 0.15) is 5.75 Å². The van der Waals surface area contributed by atoms with Crippen molar-refractivity contribution < 1.29 is 9.53 Å². The number of nitrogens with zero attached hydrogens (tertiary/aromatic N) is 2. The minimum Gasteiger partial charge on any atom is -0.484 e. The molecule has 5 nitrogen and oxygen atoms in total. The third-order valence-electron chi connectivity index (χ3n) is 5.17. The average Bonchev–Trinajstić information content (AvgIpc) is 2.86. The first-order chi connectivity index (χ1) is 12.1. The number of nitrogens with one attached hydrogen (secondary N) is 1. The molecule has 0 spiro atoms. The third kappa shape index (κ3) is 5.75. The van der Waals surface area contributed by atoms with E-state index in [1.165, 1.54) is 25.7 Å². The van der Waals surface area contributed by atoms with Crippen LogP contribution in [-0.4, -0.2) is 43.6 Å². The van der Waals surface area contributed by atoms with Crippen LogP contribution in [0.1, 0.15) is 44.1 Å². The number of amides is 1. The Bertz CT molecular complexity index is 582. The summed E-state index contributed by atoms with van der Waals surface area (Å²) in [6.45, 7) is 0.685. The Kier molecular flexibility index (Phi) is 7.27. The number of carbonyl (C=O) groups excluding carboxylic acids is 1. The number of carbonyl (C=O) groups is 1. The predicted molar refractivity (Wildman–Crippen MR) is 98.4 cm³/mol. The van der Waals surface area contributed by atoms with Crippen LogP contribution in [0.5, 0.6) is 5.75 Å². The molecule has 5 heteroatoms. The van der Waals surface area contributed by atoms with E-state index < -0.39 is 0 Å². The lowest BCUT2D eigenvalue weighted by molar-refractivity contribution is -0.123. The van der Waals surface area contributed by atoms with Gasteiger partial charge in [-0.3, -0.25) is 4.79 Å². The van der Waals surface area contributed by atoms with Crippen molar-refractivity contribution >= 4 is 5.91 Å². The molecule has 2 rings (SSSR count). The molecule has 0 bridgehead atoms. The molecule has 1 aliphatic rings. The van der Waals surface area contributed by atoms with Crippen molar-refractivity contribution in [2.75, 3.05) is 27.2 Å². The maximum atomic E-state index is 12.2. The van der Waals surface area contributed by atoms with Gasteiger partial charge < -0.3 is 15.0 Å². The number of nitriles is 1. The number of hydrogen-bond donors (Lipinski definition) is 1. The van der Waals surface area contributed by atoms with E-state index in [9.17, 15) is 4.79 Å². The van der Waals surface area contributed by atoms with E-state index in [0.717, 1.165) is 18.4 Å². The van der Waals surface area contributed by atoms with Crippen LogP contribution in [0, 0.1) is 11.3 Å². The first-order valence-corrected chi connectivity index (χ1v) is 9.08. The molecule has 1 amide bonds. The highest BCUT2D eigenvalue weighted by atomic mass is 16.5. The third-order valence-corrected chi connectivity index (χ3v) is 5.17. The zero-order valence-electron chi connectivity index (χ0n) is 15.4. The number of rotatable bonds is 7. The molecule has 1 aromatic carbocycles. The Morgan fingerprint density at radius 2 is 1.84 bits per heavy atom. The lowest BCUT2D eigenvalue weighted by Crippen LogP contribution is -2.53. The molecule has 0 heterocycles. The number of hydrogen-bond acceptors (Lipinski definition) is 4. The second-order valence-electron chi connectivity index (χ2n) is 7.08. The molecule has 0 unspecified atom stereocenters. The average molecular weight is 343 g/mol. The summed E-state index contributed by atoms with van der Waals surface area (Å²) in [5, 5.41) is 11.7. The quantitative estimate of drug-likeness (QED) is 0.773. The molecule has 1 aliphatic carbocycles. The van der Waals surface area contributed by atoms with Crippen LogP contribution in [0.25, 0.3) is 0 Å². The lowest BCUT2D eigenvalue weighted by atomic mass is 9.88. The molecule has 136 valence electrons.